The summed E-state index contributed by atoms with van der Waals surface area (Å²) < 4.78 is 29.0. The van der Waals surface area contributed by atoms with Crippen LogP contribution in [0.1, 0.15) is 26.1 Å². The summed E-state index contributed by atoms with van der Waals surface area (Å²) in [6.07, 6.45) is 0.147. The molecule has 22 heavy (non-hydrogen) atoms. The van der Waals surface area contributed by atoms with Crippen LogP contribution in [0.15, 0.2) is 28.8 Å². The fourth-order valence-corrected chi connectivity index (χ4v) is 3.38. The highest BCUT2D eigenvalue weighted by atomic mass is 35.5. The molecule has 8 heteroatoms. The number of benzene rings is 1. The SMILES string of the molecule is CC(C)(O)CCS(=O)(=O)Cc1noc(-c2cccc(Cl)c2)n1. The van der Waals surface area contributed by atoms with E-state index in [-0.39, 0.29) is 29.6 Å². The third kappa shape index (κ3) is 5.08. The fourth-order valence-electron chi connectivity index (χ4n) is 1.73. The molecule has 0 aliphatic carbocycles. The summed E-state index contributed by atoms with van der Waals surface area (Å²) in [5.41, 5.74) is -0.406. The minimum absolute atomic E-state index is 0.0886. The van der Waals surface area contributed by atoms with Gasteiger partial charge in [-0.05, 0) is 38.5 Å². The van der Waals surface area contributed by atoms with E-state index in [9.17, 15) is 13.5 Å². The van der Waals surface area contributed by atoms with Crippen LogP contribution < -0.4 is 0 Å². The third-order valence-corrected chi connectivity index (χ3v) is 4.67. The number of aromatic nitrogens is 2. The molecule has 0 atom stereocenters. The summed E-state index contributed by atoms with van der Waals surface area (Å²) in [5, 5.41) is 13.8. The van der Waals surface area contributed by atoms with Gasteiger partial charge >= 0.3 is 0 Å². The Balaban J connectivity index is 2.09. The van der Waals surface area contributed by atoms with Crippen molar-refractivity contribution in [3.05, 3.63) is 35.1 Å². The van der Waals surface area contributed by atoms with Gasteiger partial charge in [0, 0.05) is 10.6 Å². The largest absolute Gasteiger partial charge is 0.390 e. The summed E-state index contributed by atoms with van der Waals surface area (Å²) >= 11 is 5.88. The molecule has 0 saturated heterocycles. The molecule has 0 fully saturated rings. The highest BCUT2D eigenvalue weighted by Crippen LogP contribution is 2.21. The lowest BCUT2D eigenvalue weighted by atomic mass is 10.1. The molecule has 0 spiro atoms. The minimum Gasteiger partial charge on any atom is -0.390 e. The molecule has 1 heterocycles. The molecule has 0 aliphatic heterocycles. The van der Waals surface area contributed by atoms with Gasteiger partial charge in [0.05, 0.1) is 11.4 Å². The molecule has 2 rings (SSSR count). The first-order chi connectivity index (χ1) is 10.1. The quantitative estimate of drug-likeness (QED) is 0.865. The Morgan fingerprint density at radius 1 is 1.36 bits per heavy atom. The van der Waals surface area contributed by atoms with Crippen molar-refractivity contribution >= 4 is 21.4 Å². The first-order valence-electron chi connectivity index (χ1n) is 6.66. The lowest BCUT2D eigenvalue weighted by Crippen LogP contribution is -2.24. The van der Waals surface area contributed by atoms with Gasteiger partial charge < -0.3 is 9.63 Å². The number of sulfone groups is 1. The van der Waals surface area contributed by atoms with Gasteiger partial charge in [-0.25, -0.2) is 8.42 Å². The number of nitrogens with zero attached hydrogens (tertiary/aromatic N) is 2. The smallest absolute Gasteiger partial charge is 0.258 e. The van der Waals surface area contributed by atoms with E-state index in [1.54, 1.807) is 38.1 Å². The van der Waals surface area contributed by atoms with Crippen LogP contribution in [0.25, 0.3) is 11.5 Å². The number of halogens is 1. The maximum atomic E-state index is 12.0. The number of rotatable bonds is 6. The van der Waals surface area contributed by atoms with E-state index in [2.05, 4.69) is 10.1 Å². The second-order valence-corrected chi connectivity index (χ2v) is 8.30. The summed E-state index contributed by atoms with van der Waals surface area (Å²) in [5.74, 6) is -0.161. The Labute approximate surface area is 134 Å². The van der Waals surface area contributed by atoms with E-state index in [1.165, 1.54) is 0 Å². The second kappa shape index (κ2) is 6.36. The van der Waals surface area contributed by atoms with Crippen LogP contribution in [0, 0.1) is 0 Å². The van der Waals surface area contributed by atoms with Crippen LogP contribution in [-0.4, -0.2) is 35.0 Å². The van der Waals surface area contributed by atoms with Gasteiger partial charge in [0.15, 0.2) is 15.7 Å². The molecule has 1 aromatic heterocycles. The molecule has 0 saturated carbocycles. The topological polar surface area (TPSA) is 93.3 Å². The molecule has 1 N–H and O–H groups in total. The highest BCUT2D eigenvalue weighted by molar-refractivity contribution is 7.90. The van der Waals surface area contributed by atoms with Gasteiger partial charge in [-0.1, -0.05) is 22.8 Å². The molecular weight excluding hydrogens is 328 g/mol. The van der Waals surface area contributed by atoms with Crippen molar-refractivity contribution < 1.29 is 18.0 Å². The molecule has 0 amide bonds. The van der Waals surface area contributed by atoms with Crippen LogP contribution in [0.2, 0.25) is 5.02 Å². The molecule has 0 bridgehead atoms. The van der Waals surface area contributed by atoms with Crippen molar-refractivity contribution in [2.24, 2.45) is 0 Å². The van der Waals surface area contributed by atoms with E-state index in [4.69, 9.17) is 16.1 Å². The highest BCUT2D eigenvalue weighted by Gasteiger charge is 2.22. The van der Waals surface area contributed by atoms with Crippen molar-refractivity contribution in [3.8, 4) is 11.5 Å². The molecule has 0 aliphatic rings. The van der Waals surface area contributed by atoms with Crippen molar-refractivity contribution in [3.63, 3.8) is 0 Å². The lowest BCUT2D eigenvalue weighted by molar-refractivity contribution is 0.0772. The van der Waals surface area contributed by atoms with Gasteiger partial charge in [-0.3, -0.25) is 0 Å². The Morgan fingerprint density at radius 3 is 2.73 bits per heavy atom. The van der Waals surface area contributed by atoms with Crippen LogP contribution in [0.5, 0.6) is 0 Å². The molecule has 2 aromatic rings. The van der Waals surface area contributed by atoms with Gasteiger partial charge in [0.25, 0.3) is 5.89 Å². The first-order valence-corrected chi connectivity index (χ1v) is 8.86. The monoisotopic (exact) mass is 344 g/mol. The normalized spacial score (nSPS) is 12.5. The summed E-state index contributed by atoms with van der Waals surface area (Å²) in [7, 11) is -3.42. The number of hydrogen-bond acceptors (Lipinski definition) is 6. The molecule has 1 aromatic carbocycles. The Bertz CT molecular complexity index is 750. The van der Waals surface area contributed by atoms with E-state index in [0.717, 1.165) is 0 Å². The lowest BCUT2D eigenvalue weighted by Gasteiger charge is -2.16. The maximum absolute atomic E-state index is 12.0. The molecule has 120 valence electrons. The predicted octanol–water partition coefficient (Wildman–Crippen LogP) is 2.47. The summed E-state index contributed by atoms with van der Waals surface area (Å²) in [6, 6.07) is 6.85. The predicted molar refractivity (Wildman–Crippen MR) is 83.1 cm³/mol. The van der Waals surface area contributed by atoms with Crippen molar-refractivity contribution in [1.82, 2.24) is 10.1 Å². The zero-order valence-corrected chi connectivity index (χ0v) is 13.9. The number of hydrogen-bond donors (Lipinski definition) is 1. The van der Waals surface area contributed by atoms with Crippen LogP contribution >= 0.6 is 11.6 Å². The Kier molecular flexibility index (Phi) is 4.89. The summed E-state index contributed by atoms with van der Waals surface area (Å²) in [4.78, 5) is 4.07. The van der Waals surface area contributed by atoms with Gasteiger partial charge in [0.2, 0.25) is 0 Å². The van der Waals surface area contributed by atoms with E-state index in [0.29, 0.717) is 10.6 Å². The van der Waals surface area contributed by atoms with Crippen LogP contribution in [-0.2, 0) is 15.6 Å². The third-order valence-electron chi connectivity index (χ3n) is 2.91. The van der Waals surface area contributed by atoms with Crippen molar-refractivity contribution in [2.75, 3.05) is 5.75 Å². The average Bonchev–Trinajstić information content (AvgIpc) is 2.84. The van der Waals surface area contributed by atoms with Crippen LogP contribution in [0.4, 0.5) is 0 Å². The molecule has 6 nitrogen and oxygen atoms in total. The van der Waals surface area contributed by atoms with E-state index in [1.807, 2.05) is 0 Å². The van der Waals surface area contributed by atoms with Gasteiger partial charge in [-0.2, -0.15) is 4.98 Å². The average molecular weight is 345 g/mol. The first kappa shape index (κ1) is 16.9. The van der Waals surface area contributed by atoms with E-state index < -0.39 is 15.4 Å². The number of aliphatic hydroxyl groups is 1. The van der Waals surface area contributed by atoms with E-state index >= 15 is 0 Å². The van der Waals surface area contributed by atoms with Crippen molar-refractivity contribution in [2.45, 2.75) is 31.6 Å². The minimum atomic E-state index is -3.42. The fraction of sp³-hybridized carbons (Fsp3) is 0.429. The standard InChI is InChI=1S/C14H17ClN2O4S/c1-14(2,18)6-7-22(19,20)9-12-16-13(21-17-12)10-4-3-5-11(15)8-10/h3-5,8,18H,6-7,9H2,1-2H3. The van der Waals surface area contributed by atoms with Gasteiger partial charge in [0.1, 0.15) is 5.75 Å². The molecule has 0 radical (unpaired) electrons. The van der Waals surface area contributed by atoms with Gasteiger partial charge in [-0.15, -0.1) is 0 Å². The molecule has 0 unspecified atom stereocenters. The zero-order valence-electron chi connectivity index (χ0n) is 12.3. The maximum Gasteiger partial charge on any atom is 0.258 e. The Morgan fingerprint density at radius 2 is 2.09 bits per heavy atom. The zero-order chi connectivity index (χ0) is 16.4. The summed E-state index contributed by atoms with van der Waals surface area (Å²) in [6.45, 7) is 3.13. The molecular formula is C14H17ClN2O4S. The Hall–Kier alpha value is -1.44. The van der Waals surface area contributed by atoms with Crippen LogP contribution in [0.3, 0.4) is 0 Å². The van der Waals surface area contributed by atoms with Crippen molar-refractivity contribution in [1.29, 1.82) is 0 Å². The second-order valence-electron chi connectivity index (χ2n) is 5.68.